The zero-order chi connectivity index (χ0) is 6.74. The standard InChI is InChI=1S/C8H17N/c1-2-8(9)6-4-3-5-7-8/h2-7,9H2,1H3. The molecule has 0 heterocycles. The quantitative estimate of drug-likeness (QED) is 0.573. The molecule has 0 bridgehead atoms. The first kappa shape index (κ1) is 7.07. The van der Waals surface area contributed by atoms with Gasteiger partial charge in [-0.3, -0.25) is 0 Å². The molecule has 1 heteroatoms. The maximum absolute atomic E-state index is 6.06. The third kappa shape index (κ3) is 1.68. The molecule has 2 N–H and O–H groups in total. The van der Waals surface area contributed by atoms with E-state index in [1.807, 2.05) is 0 Å². The molecule has 1 fully saturated rings. The molecule has 0 radical (unpaired) electrons. The van der Waals surface area contributed by atoms with Crippen LogP contribution >= 0.6 is 0 Å². The lowest BCUT2D eigenvalue weighted by Crippen LogP contribution is -2.40. The van der Waals surface area contributed by atoms with Gasteiger partial charge in [-0.2, -0.15) is 0 Å². The molecule has 54 valence electrons. The second-order valence-electron chi connectivity index (χ2n) is 3.28. The molecule has 1 saturated carbocycles. The van der Waals surface area contributed by atoms with Crippen molar-refractivity contribution in [3.05, 3.63) is 0 Å². The SMILES string of the molecule is CCC1(N)CCCCC1. The van der Waals surface area contributed by atoms with Gasteiger partial charge in [-0.05, 0) is 19.3 Å². The van der Waals surface area contributed by atoms with Crippen molar-refractivity contribution in [3.8, 4) is 0 Å². The summed E-state index contributed by atoms with van der Waals surface area (Å²) in [5, 5.41) is 0. The van der Waals surface area contributed by atoms with Crippen molar-refractivity contribution < 1.29 is 0 Å². The second kappa shape index (κ2) is 2.70. The van der Waals surface area contributed by atoms with Gasteiger partial charge >= 0.3 is 0 Å². The van der Waals surface area contributed by atoms with Crippen molar-refractivity contribution in [1.82, 2.24) is 0 Å². The van der Waals surface area contributed by atoms with Crippen LogP contribution in [0.2, 0.25) is 0 Å². The average Bonchev–Trinajstić information content (AvgIpc) is 1.90. The Kier molecular flexibility index (Phi) is 2.12. The molecule has 1 nitrogen and oxygen atoms in total. The van der Waals surface area contributed by atoms with Gasteiger partial charge in [0.1, 0.15) is 0 Å². The Morgan fingerprint density at radius 2 is 1.78 bits per heavy atom. The minimum Gasteiger partial charge on any atom is -0.325 e. The summed E-state index contributed by atoms with van der Waals surface area (Å²) in [6.07, 6.45) is 7.77. The number of rotatable bonds is 1. The normalized spacial score (nSPS) is 26.0. The maximum Gasteiger partial charge on any atom is 0.0151 e. The Bertz CT molecular complexity index is 82.6. The minimum atomic E-state index is 0.220. The molecule has 0 aromatic carbocycles. The monoisotopic (exact) mass is 127 g/mol. The van der Waals surface area contributed by atoms with E-state index in [0.29, 0.717) is 0 Å². The lowest BCUT2D eigenvalue weighted by atomic mass is 9.81. The molecular weight excluding hydrogens is 110 g/mol. The highest BCUT2D eigenvalue weighted by atomic mass is 14.7. The van der Waals surface area contributed by atoms with E-state index in [2.05, 4.69) is 6.92 Å². The first-order valence-corrected chi connectivity index (χ1v) is 4.06. The van der Waals surface area contributed by atoms with E-state index in [4.69, 9.17) is 5.73 Å². The van der Waals surface area contributed by atoms with Crippen LogP contribution in [-0.4, -0.2) is 5.54 Å². The largest absolute Gasteiger partial charge is 0.325 e. The first-order valence-electron chi connectivity index (χ1n) is 4.06. The third-order valence-electron chi connectivity index (χ3n) is 2.55. The lowest BCUT2D eigenvalue weighted by molar-refractivity contribution is 0.287. The average molecular weight is 127 g/mol. The fourth-order valence-corrected chi connectivity index (χ4v) is 1.61. The van der Waals surface area contributed by atoms with Gasteiger partial charge in [-0.1, -0.05) is 26.2 Å². The van der Waals surface area contributed by atoms with Crippen molar-refractivity contribution in [2.24, 2.45) is 5.73 Å². The van der Waals surface area contributed by atoms with Crippen LogP contribution < -0.4 is 5.73 Å². The highest BCUT2D eigenvalue weighted by molar-refractivity contribution is 4.85. The van der Waals surface area contributed by atoms with Crippen molar-refractivity contribution in [2.75, 3.05) is 0 Å². The van der Waals surface area contributed by atoms with Crippen LogP contribution in [-0.2, 0) is 0 Å². The zero-order valence-corrected chi connectivity index (χ0v) is 6.32. The van der Waals surface area contributed by atoms with E-state index < -0.39 is 0 Å². The Hall–Kier alpha value is -0.0400. The molecular formula is C8H17N. The highest BCUT2D eigenvalue weighted by Gasteiger charge is 2.24. The number of hydrogen-bond donors (Lipinski definition) is 1. The van der Waals surface area contributed by atoms with Crippen LogP contribution in [0.3, 0.4) is 0 Å². The van der Waals surface area contributed by atoms with E-state index in [0.717, 1.165) is 6.42 Å². The summed E-state index contributed by atoms with van der Waals surface area (Å²) in [6.45, 7) is 2.20. The van der Waals surface area contributed by atoms with Gasteiger partial charge in [0.2, 0.25) is 0 Å². The van der Waals surface area contributed by atoms with Crippen LogP contribution in [0.15, 0.2) is 0 Å². The molecule has 0 unspecified atom stereocenters. The Morgan fingerprint density at radius 3 is 2.11 bits per heavy atom. The minimum absolute atomic E-state index is 0.220. The van der Waals surface area contributed by atoms with E-state index in [1.165, 1.54) is 32.1 Å². The summed E-state index contributed by atoms with van der Waals surface area (Å²) < 4.78 is 0. The van der Waals surface area contributed by atoms with Gasteiger partial charge < -0.3 is 5.73 Å². The summed E-state index contributed by atoms with van der Waals surface area (Å²) in [5.74, 6) is 0. The second-order valence-corrected chi connectivity index (χ2v) is 3.28. The highest BCUT2D eigenvalue weighted by Crippen LogP contribution is 2.27. The molecule has 0 aliphatic heterocycles. The molecule has 1 aliphatic carbocycles. The van der Waals surface area contributed by atoms with Crippen molar-refractivity contribution >= 4 is 0 Å². The summed E-state index contributed by atoms with van der Waals surface area (Å²) in [4.78, 5) is 0. The number of nitrogens with two attached hydrogens (primary N) is 1. The first-order chi connectivity index (χ1) is 4.27. The van der Waals surface area contributed by atoms with Crippen LogP contribution in [0.25, 0.3) is 0 Å². The maximum atomic E-state index is 6.06. The molecule has 9 heavy (non-hydrogen) atoms. The van der Waals surface area contributed by atoms with Crippen LogP contribution in [0.4, 0.5) is 0 Å². The fraction of sp³-hybridized carbons (Fsp3) is 1.00. The predicted molar refractivity (Wildman–Crippen MR) is 40.3 cm³/mol. The van der Waals surface area contributed by atoms with Gasteiger partial charge in [-0.25, -0.2) is 0 Å². The Balaban J connectivity index is 2.37. The van der Waals surface area contributed by atoms with E-state index >= 15 is 0 Å². The van der Waals surface area contributed by atoms with Crippen LogP contribution in [0.5, 0.6) is 0 Å². The predicted octanol–water partition coefficient (Wildman–Crippen LogP) is 2.06. The molecule has 0 spiro atoms. The molecule has 1 rings (SSSR count). The van der Waals surface area contributed by atoms with Gasteiger partial charge in [-0.15, -0.1) is 0 Å². The summed E-state index contributed by atoms with van der Waals surface area (Å²) >= 11 is 0. The van der Waals surface area contributed by atoms with Gasteiger partial charge in [0, 0.05) is 5.54 Å². The summed E-state index contributed by atoms with van der Waals surface area (Å²) in [5.41, 5.74) is 6.28. The molecule has 0 amide bonds. The van der Waals surface area contributed by atoms with Crippen molar-refractivity contribution in [3.63, 3.8) is 0 Å². The number of hydrogen-bond acceptors (Lipinski definition) is 1. The third-order valence-corrected chi connectivity index (χ3v) is 2.55. The van der Waals surface area contributed by atoms with E-state index in [1.54, 1.807) is 0 Å². The van der Waals surface area contributed by atoms with E-state index in [-0.39, 0.29) is 5.54 Å². The lowest BCUT2D eigenvalue weighted by Gasteiger charge is -2.32. The van der Waals surface area contributed by atoms with Gasteiger partial charge in [0.15, 0.2) is 0 Å². The van der Waals surface area contributed by atoms with Crippen LogP contribution in [0, 0.1) is 0 Å². The van der Waals surface area contributed by atoms with E-state index in [9.17, 15) is 0 Å². The topological polar surface area (TPSA) is 26.0 Å². The zero-order valence-electron chi connectivity index (χ0n) is 6.32. The van der Waals surface area contributed by atoms with Gasteiger partial charge in [0.05, 0.1) is 0 Å². The molecule has 0 atom stereocenters. The van der Waals surface area contributed by atoms with Gasteiger partial charge in [0.25, 0.3) is 0 Å². The van der Waals surface area contributed by atoms with Crippen LogP contribution in [0.1, 0.15) is 45.4 Å². The smallest absolute Gasteiger partial charge is 0.0151 e. The molecule has 1 aliphatic rings. The Labute approximate surface area is 57.6 Å². The van der Waals surface area contributed by atoms with Crippen molar-refractivity contribution in [2.45, 2.75) is 51.0 Å². The van der Waals surface area contributed by atoms with Crippen molar-refractivity contribution in [1.29, 1.82) is 0 Å². The summed E-state index contributed by atoms with van der Waals surface area (Å²) in [7, 11) is 0. The summed E-state index contributed by atoms with van der Waals surface area (Å²) in [6, 6.07) is 0. The fourth-order valence-electron chi connectivity index (χ4n) is 1.61. The molecule has 0 saturated heterocycles. The Morgan fingerprint density at radius 1 is 1.22 bits per heavy atom. The molecule has 0 aromatic heterocycles. The molecule has 0 aromatic rings.